The van der Waals surface area contributed by atoms with Crippen molar-refractivity contribution >= 4 is 22.7 Å². The molecule has 1 aliphatic heterocycles. The van der Waals surface area contributed by atoms with Crippen molar-refractivity contribution in [2.45, 2.75) is 13.1 Å². The summed E-state index contributed by atoms with van der Waals surface area (Å²) in [6.45, 7) is 1.94. The molecule has 2 nitrogen and oxygen atoms in total. The van der Waals surface area contributed by atoms with Gasteiger partial charge in [0.15, 0.2) is 0 Å². The van der Waals surface area contributed by atoms with Gasteiger partial charge < -0.3 is 9.64 Å². The van der Waals surface area contributed by atoms with Gasteiger partial charge in [-0.2, -0.15) is 0 Å². The number of fused-ring (bicyclic) bond motifs is 1. The maximum absolute atomic E-state index is 5.41. The maximum Gasteiger partial charge on any atom is 0.142 e. The van der Waals surface area contributed by atoms with Gasteiger partial charge >= 0.3 is 0 Å². The zero-order chi connectivity index (χ0) is 11.7. The third-order valence-corrected chi connectivity index (χ3v) is 3.27. The molecule has 3 rings (SSSR count). The van der Waals surface area contributed by atoms with Crippen molar-refractivity contribution in [2.75, 3.05) is 12.0 Å². The molecule has 0 bridgehead atoms. The van der Waals surface area contributed by atoms with E-state index < -0.39 is 0 Å². The number of hydrogen-bond acceptors (Lipinski definition) is 2. The molecule has 0 N–H and O–H groups in total. The van der Waals surface area contributed by atoms with Crippen molar-refractivity contribution in [1.29, 1.82) is 0 Å². The molecule has 3 heteroatoms. The number of benzene rings is 2. The second-order valence-electron chi connectivity index (χ2n) is 4.30. The number of halogens is 1. The Bertz CT molecular complexity index is 517. The Hall–Kier alpha value is -1.48. The van der Waals surface area contributed by atoms with E-state index in [-0.39, 0.29) is 17.0 Å². The van der Waals surface area contributed by atoms with Crippen LogP contribution in [0.25, 0.3) is 0 Å². The number of para-hydroxylation sites is 2. The largest absolute Gasteiger partial charge is 0.495 e. The Kier molecular flexibility index (Phi) is 3.92. The van der Waals surface area contributed by atoms with Crippen LogP contribution in [0.2, 0.25) is 0 Å². The summed E-state index contributed by atoms with van der Waals surface area (Å²) in [6, 6.07) is 16.8. The Morgan fingerprint density at radius 1 is 0.889 bits per heavy atom. The lowest BCUT2D eigenvalue weighted by atomic mass is 10.1. The number of nitrogens with zero attached hydrogens (tertiary/aromatic N) is 1. The normalized spacial score (nSPS) is 12.8. The average molecular weight is 306 g/mol. The first-order chi connectivity index (χ1) is 8.38. The molecule has 0 saturated heterocycles. The molecule has 0 spiro atoms. The summed E-state index contributed by atoms with van der Waals surface area (Å²) in [5.41, 5.74) is 4.00. The van der Waals surface area contributed by atoms with Crippen molar-refractivity contribution in [1.82, 2.24) is 0 Å². The van der Waals surface area contributed by atoms with Crippen LogP contribution >= 0.6 is 17.0 Å². The lowest BCUT2D eigenvalue weighted by molar-refractivity contribution is 0.414. The molecular formula is C15H16BrNO. The quantitative estimate of drug-likeness (QED) is 0.837. The van der Waals surface area contributed by atoms with E-state index in [0.29, 0.717) is 0 Å². The Morgan fingerprint density at radius 3 is 2.06 bits per heavy atom. The van der Waals surface area contributed by atoms with E-state index in [1.165, 1.54) is 16.8 Å². The lowest BCUT2D eigenvalue weighted by Gasteiger charge is -2.20. The van der Waals surface area contributed by atoms with Gasteiger partial charge in [-0.25, -0.2) is 0 Å². The summed E-state index contributed by atoms with van der Waals surface area (Å²) in [4.78, 5) is 2.35. The van der Waals surface area contributed by atoms with Crippen LogP contribution in [-0.4, -0.2) is 7.11 Å². The van der Waals surface area contributed by atoms with E-state index in [1.54, 1.807) is 7.11 Å². The highest BCUT2D eigenvalue weighted by molar-refractivity contribution is 8.93. The third-order valence-electron chi connectivity index (χ3n) is 3.27. The van der Waals surface area contributed by atoms with Crippen molar-refractivity contribution < 1.29 is 4.74 Å². The van der Waals surface area contributed by atoms with Crippen molar-refractivity contribution in [3.63, 3.8) is 0 Å². The summed E-state index contributed by atoms with van der Waals surface area (Å²) in [5, 5.41) is 0. The van der Waals surface area contributed by atoms with Crippen LogP contribution in [-0.2, 0) is 13.1 Å². The van der Waals surface area contributed by atoms with Crippen LogP contribution in [0, 0.1) is 0 Å². The zero-order valence-electron chi connectivity index (χ0n) is 10.3. The molecule has 0 radical (unpaired) electrons. The van der Waals surface area contributed by atoms with Gasteiger partial charge in [-0.05, 0) is 23.3 Å². The van der Waals surface area contributed by atoms with E-state index in [4.69, 9.17) is 4.74 Å². The van der Waals surface area contributed by atoms with E-state index >= 15 is 0 Å². The minimum atomic E-state index is 0. The number of hydrogen-bond donors (Lipinski definition) is 0. The predicted octanol–water partition coefficient (Wildman–Crippen LogP) is 3.79. The van der Waals surface area contributed by atoms with Crippen LogP contribution in [0.5, 0.6) is 5.75 Å². The maximum atomic E-state index is 5.41. The molecule has 1 heterocycles. The number of ether oxygens (including phenoxy) is 1. The van der Waals surface area contributed by atoms with Gasteiger partial charge in [0.25, 0.3) is 0 Å². The zero-order valence-corrected chi connectivity index (χ0v) is 12.0. The van der Waals surface area contributed by atoms with Crippen molar-refractivity contribution in [2.24, 2.45) is 0 Å². The molecule has 2 aromatic rings. The molecule has 0 unspecified atom stereocenters. The standard InChI is InChI=1S/C15H15NO.BrH/c1-17-15-9-5-4-8-14(15)16-10-12-6-2-3-7-13(12)11-16;/h2-9H,10-11H2,1H3;1H. The number of anilines is 1. The molecule has 18 heavy (non-hydrogen) atoms. The average Bonchev–Trinajstić information content (AvgIpc) is 2.82. The molecule has 94 valence electrons. The number of rotatable bonds is 2. The highest BCUT2D eigenvalue weighted by atomic mass is 79.9. The van der Waals surface area contributed by atoms with Gasteiger partial charge in [0.1, 0.15) is 5.75 Å². The summed E-state index contributed by atoms with van der Waals surface area (Å²) in [6.07, 6.45) is 0. The van der Waals surface area contributed by atoms with Crippen LogP contribution in [0.3, 0.4) is 0 Å². The van der Waals surface area contributed by atoms with E-state index in [1.807, 2.05) is 12.1 Å². The molecule has 0 fully saturated rings. The molecular weight excluding hydrogens is 290 g/mol. The Balaban J connectivity index is 0.00000120. The first kappa shape index (κ1) is 13.0. The summed E-state index contributed by atoms with van der Waals surface area (Å²) >= 11 is 0. The molecule has 1 aliphatic rings. The second kappa shape index (κ2) is 5.44. The van der Waals surface area contributed by atoms with Crippen LogP contribution in [0.4, 0.5) is 5.69 Å². The molecule has 0 aliphatic carbocycles. The van der Waals surface area contributed by atoms with Gasteiger partial charge in [-0.3, -0.25) is 0 Å². The van der Waals surface area contributed by atoms with Gasteiger partial charge in [0.2, 0.25) is 0 Å². The minimum Gasteiger partial charge on any atom is -0.495 e. The van der Waals surface area contributed by atoms with Crippen molar-refractivity contribution in [3.8, 4) is 5.75 Å². The Morgan fingerprint density at radius 2 is 1.44 bits per heavy atom. The fourth-order valence-corrected chi connectivity index (χ4v) is 2.39. The predicted molar refractivity (Wildman–Crippen MR) is 79.6 cm³/mol. The Labute approximate surface area is 118 Å². The van der Waals surface area contributed by atoms with Gasteiger partial charge in [0, 0.05) is 13.1 Å². The summed E-state index contributed by atoms with van der Waals surface area (Å²) in [5.74, 6) is 0.945. The highest BCUT2D eigenvalue weighted by Gasteiger charge is 2.20. The summed E-state index contributed by atoms with van der Waals surface area (Å²) < 4.78 is 5.41. The van der Waals surface area contributed by atoms with Crippen LogP contribution in [0.1, 0.15) is 11.1 Å². The third kappa shape index (κ3) is 2.23. The smallest absolute Gasteiger partial charge is 0.142 e. The van der Waals surface area contributed by atoms with E-state index in [0.717, 1.165) is 18.8 Å². The fourth-order valence-electron chi connectivity index (χ4n) is 2.39. The van der Waals surface area contributed by atoms with E-state index in [9.17, 15) is 0 Å². The van der Waals surface area contributed by atoms with Crippen LogP contribution < -0.4 is 9.64 Å². The molecule has 0 aromatic heterocycles. The second-order valence-corrected chi connectivity index (χ2v) is 4.30. The van der Waals surface area contributed by atoms with Gasteiger partial charge in [-0.1, -0.05) is 36.4 Å². The highest BCUT2D eigenvalue weighted by Crippen LogP contribution is 2.34. The van der Waals surface area contributed by atoms with E-state index in [2.05, 4.69) is 41.3 Å². The first-order valence-electron chi connectivity index (χ1n) is 5.83. The summed E-state index contributed by atoms with van der Waals surface area (Å²) in [7, 11) is 1.72. The topological polar surface area (TPSA) is 12.5 Å². The van der Waals surface area contributed by atoms with Gasteiger partial charge in [0.05, 0.1) is 12.8 Å². The molecule has 0 atom stereocenters. The number of methoxy groups -OCH3 is 1. The monoisotopic (exact) mass is 305 g/mol. The first-order valence-corrected chi connectivity index (χ1v) is 5.83. The molecule has 0 amide bonds. The fraction of sp³-hybridized carbons (Fsp3) is 0.200. The SMILES string of the molecule is Br.COc1ccccc1N1Cc2ccccc2C1. The van der Waals surface area contributed by atoms with Gasteiger partial charge in [-0.15, -0.1) is 17.0 Å². The minimum absolute atomic E-state index is 0. The molecule has 2 aromatic carbocycles. The lowest BCUT2D eigenvalue weighted by Crippen LogP contribution is -2.15. The molecule has 0 saturated carbocycles. The van der Waals surface area contributed by atoms with Crippen LogP contribution in [0.15, 0.2) is 48.5 Å². The van der Waals surface area contributed by atoms with Crippen molar-refractivity contribution in [3.05, 3.63) is 59.7 Å².